The van der Waals surface area contributed by atoms with Gasteiger partial charge in [0.05, 0.1) is 12.6 Å². The molecule has 0 fully saturated rings. The number of hydrogen-bond donors (Lipinski definition) is 7. The summed E-state index contributed by atoms with van der Waals surface area (Å²) in [5, 5.41) is 16.0. The minimum atomic E-state index is -1.25. The van der Waals surface area contributed by atoms with Crippen molar-refractivity contribution < 1.29 is 33.9 Å². The average molecular weight is 430 g/mol. The topological polar surface area (TPSA) is 237 Å². The van der Waals surface area contributed by atoms with Gasteiger partial charge in [-0.2, -0.15) is 0 Å². The summed E-state index contributed by atoms with van der Waals surface area (Å²) in [5.74, 6) is -5.30. The molecule has 0 rings (SSSR count). The van der Waals surface area contributed by atoms with Crippen LogP contribution >= 0.6 is 0 Å². The van der Waals surface area contributed by atoms with Crippen LogP contribution in [0.1, 0.15) is 39.5 Å². The number of rotatable bonds is 14. The molecule has 0 aliphatic rings. The number of aliphatic carboxylic acids is 1. The number of carbonyl (C=O) groups is 6. The first-order valence-corrected chi connectivity index (χ1v) is 9.27. The van der Waals surface area contributed by atoms with Gasteiger partial charge in [0.1, 0.15) is 12.1 Å². The molecular weight excluding hydrogens is 400 g/mol. The van der Waals surface area contributed by atoms with Gasteiger partial charge in [-0.05, 0) is 18.8 Å². The van der Waals surface area contributed by atoms with Gasteiger partial charge in [-0.1, -0.05) is 13.8 Å². The first-order valence-electron chi connectivity index (χ1n) is 9.27. The summed E-state index contributed by atoms with van der Waals surface area (Å²) < 4.78 is 0. The van der Waals surface area contributed by atoms with Gasteiger partial charge in [0.25, 0.3) is 0 Å². The van der Waals surface area contributed by atoms with Crippen molar-refractivity contribution in [1.29, 1.82) is 0 Å². The van der Waals surface area contributed by atoms with E-state index in [0.717, 1.165) is 0 Å². The summed E-state index contributed by atoms with van der Waals surface area (Å²) in [4.78, 5) is 69.3. The number of amides is 5. The van der Waals surface area contributed by atoms with Crippen molar-refractivity contribution in [3.05, 3.63) is 0 Å². The summed E-state index contributed by atoms with van der Waals surface area (Å²) >= 11 is 0. The van der Waals surface area contributed by atoms with Gasteiger partial charge in [-0.15, -0.1) is 0 Å². The molecule has 13 nitrogen and oxygen atoms in total. The lowest BCUT2D eigenvalue weighted by atomic mass is 10.0. The molecule has 0 aromatic rings. The van der Waals surface area contributed by atoms with Gasteiger partial charge >= 0.3 is 5.97 Å². The predicted molar refractivity (Wildman–Crippen MR) is 104 cm³/mol. The fourth-order valence-electron chi connectivity index (χ4n) is 2.30. The highest BCUT2D eigenvalue weighted by atomic mass is 16.4. The second-order valence-corrected chi connectivity index (χ2v) is 7.02. The van der Waals surface area contributed by atoms with E-state index in [4.69, 9.17) is 17.2 Å². The van der Waals surface area contributed by atoms with E-state index in [-0.39, 0.29) is 25.7 Å². The Balaban J connectivity index is 4.90. The van der Waals surface area contributed by atoms with Crippen LogP contribution in [0.3, 0.4) is 0 Å². The fourth-order valence-corrected chi connectivity index (χ4v) is 2.30. The van der Waals surface area contributed by atoms with E-state index in [1.807, 2.05) is 0 Å². The molecule has 0 aromatic carbocycles. The van der Waals surface area contributed by atoms with E-state index in [2.05, 4.69) is 16.0 Å². The van der Waals surface area contributed by atoms with E-state index in [0.29, 0.717) is 0 Å². The molecule has 10 N–H and O–H groups in total. The van der Waals surface area contributed by atoms with Gasteiger partial charge in [0.15, 0.2) is 0 Å². The molecule has 0 spiro atoms. The number of primary amides is 2. The van der Waals surface area contributed by atoms with Crippen molar-refractivity contribution >= 4 is 35.5 Å². The molecule has 0 heterocycles. The van der Waals surface area contributed by atoms with Crippen LogP contribution in [0.4, 0.5) is 0 Å². The molecule has 0 saturated carbocycles. The second-order valence-electron chi connectivity index (χ2n) is 7.02. The Morgan fingerprint density at radius 3 is 1.87 bits per heavy atom. The molecule has 0 aliphatic carbocycles. The van der Waals surface area contributed by atoms with Gasteiger partial charge in [-0.3, -0.25) is 24.0 Å². The van der Waals surface area contributed by atoms with Gasteiger partial charge < -0.3 is 38.3 Å². The highest BCUT2D eigenvalue weighted by molar-refractivity contribution is 5.93. The van der Waals surface area contributed by atoms with Crippen LogP contribution < -0.4 is 33.2 Å². The second kappa shape index (κ2) is 13.1. The maximum Gasteiger partial charge on any atom is 0.326 e. The minimum Gasteiger partial charge on any atom is -0.480 e. The van der Waals surface area contributed by atoms with E-state index < -0.39 is 66.1 Å². The van der Waals surface area contributed by atoms with Gasteiger partial charge in [0.2, 0.25) is 29.5 Å². The number of carboxylic acids is 1. The van der Waals surface area contributed by atoms with Gasteiger partial charge in [-0.25, -0.2) is 4.79 Å². The average Bonchev–Trinajstić information content (AvgIpc) is 2.64. The largest absolute Gasteiger partial charge is 0.480 e. The first-order chi connectivity index (χ1) is 13.8. The zero-order chi connectivity index (χ0) is 23.4. The number of carbonyl (C=O) groups excluding carboxylic acids is 5. The van der Waals surface area contributed by atoms with Crippen LogP contribution in [0.15, 0.2) is 0 Å². The Kier molecular flexibility index (Phi) is 11.7. The Bertz CT molecular complexity index is 667. The lowest BCUT2D eigenvalue weighted by Crippen LogP contribution is -2.55. The third-order valence-electron chi connectivity index (χ3n) is 4.02. The first kappa shape index (κ1) is 26.8. The van der Waals surface area contributed by atoms with Crippen LogP contribution in [0.25, 0.3) is 0 Å². The van der Waals surface area contributed by atoms with Crippen LogP contribution in [0.2, 0.25) is 0 Å². The Labute approximate surface area is 173 Å². The van der Waals surface area contributed by atoms with Crippen LogP contribution in [-0.2, 0) is 28.8 Å². The molecule has 170 valence electrons. The standard InChI is InChI=1S/C17H30N6O7/c1-8(2)14(17(29)30)23-16(28)10(4-6-12(20)25)22-13(26)7-21-15(27)9(18)3-5-11(19)24/h8-10,14H,3-7,18H2,1-2H3,(H2,19,24)(H2,20,25)(H,21,27)(H,22,26)(H,23,28)(H,29,30). The number of carboxylic acid groups (broad SMARTS) is 1. The maximum absolute atomic E-state index is 12.4. The number of nitrogens with two attached hydrogens (primary N) is 3. The van der Waals surface area contributed by atoms with E-state index >= 15 is 0 Å². The molecular formula is C17H30N6O7. The zero-order valence-electron chi connectivity index (χ0n) is 17.0. The molecule has 3 atom stereocenters. The predicted octanol–water partition coefficient (Wildman–Crippen LogP) is -3.33. The molecule has 5 amide bonds. The summed E-state index contributed by atoms with van der Waals surface area (Å²) in [7, 11) is 0. The summed E-state index contributed by atoms with van der Waals surface area (Å²) in [6, 6.07) is -3.50. The zero-order valence-corrected chi connectivity index (χ0v) is 17.0. The van der Waals surface area contributed by atoms with Crippen LogP contribution in [-0.4, -0.2) is 65.3 Å². The van der Waals surface area contributed by atoms with Crippen molar-refractivity contribution in [2.45, 2.75) is 57.7 Å². The molecule has 3 unspecified atom stereocenters. The van der Waals surface area contributed by atoms with Crippen LogP contribution in [0.5, 0.6) is 0 Å². The minimum absolute atomic E-state index is 0.00178. The molecule has 13 heteroatoms. The third kappa shape index (κ3) is 10.9. The SMILES string of the molecule is CC(C)C(NC(=O)C(CCC(N)=O)NC(=O)CNC(=O)C(N)CCC(N)=O)C(=O)O. The smallest absolute Gasteiger partial charge is 0.326 e. The summed E-state index contributed by atoms with van der Waals surface area (Å²) in [6.45, 7) is 2.65. The molecule has 30 heavy (non-hydrogen) atoms. The van der Waals surface area contributed by atoms with Crippen molar-refractivity contribution in [2.75, 3.05) is 6.54 Å². The lowest BCUT2D eigenvalue weighted by Gasteiger charge is -2.23. The van der Waals surface area contributed by atoms with Crippen molar-refractivity contribution in [3.63, 3.8) is 0 Å². The number of nitrogens with one attached hydrogen (secondary N) is 3. The van der Waals surface area contributed by atoms with Crippen LogP contribution in [0, 0.1) is 5.92 Å². The van der Waals surface area contributed by atoms with Gasteiger partial charge in [0, 0.05) is 12.8 Å². The Morgan fingerprint density at radius 1 is 0.867 bits per heavy atom. The summed E-state index contributed by atoms with van der Waals surface area (Å²) in [5.41, 5.74) is 15.6. The maximum atomic E-state index is 12.4. The Morgan fingerprint density at radius 2 is 1.40 bits per heavy atom. The molecule has 0 bridgehead atoms. The molecule has 0 radical (unpaired) electrons. The quantitative estimate of drug-likeness (QED) is 0.147. The molecule has 0 saturated heterocycles. The molecule has 0 aliphatic heterocycles. The molecule has 0 aromatic heterocycles. The van der Waals surface area contributed by atoms with Crippen molar-refractivity contribution in [2.24, 2.45) is 23.1 Å². The number of hydrogen-bond acceptors (Lipinski definition) is 7. The normalized spacial score (nSPS) is 13.6. The monoisotopic (exact) mass is 430 g/mol. The highest BCUT2D eigenvalue weighted by Crippen LogP contribution is 2.04. The van der Waals surface area contributed by atoms with Crippen molar-refractivity contribution in [3.8, 4) is 0 Å². The van der Waals surface area contributed by atoms with E-state index in [1.54, 1.807) is 13.8 Å². The Hall–Kier alpha value is -3.22. The summed E-state index contributed by atoms with van der Waals surface area (Å²) in [6.07, 6.45) is -0.500. The third-order valence-corrected chi connectivity index (χ3v) is 4.02. The lowest BCUT2D eigenvalue weighted by molar-refractivity contribution is -0.143. The fraction of sp³-hybridized carbons (Fsp3) is 0.647. The van der Waals surface area contributed by atoms with E-state index in [1.165, 1.54) is 0 Å². The van der Waals surface area contributed by atoms with E-state index in [9.17, 15) is 33.9 Å². The van der Waals surface area contributed by atoms with Crippen molar-refractivity contribution in [1.82, 2.24) is 16.0 Å². The highest BCUT2D eigenvalue weighted by Gasteiger charge is 2.28.